The quantitative estimate of drug-likeness (QED) is 0.791. The van der Waals surface area contributed by atoms with E-state index in [9.17, 15) is 13.2 Å². The second kappa shape index (κ2) is 7.20. The van der Waals surface area contributed by atoms with E-state index in [1.165, 1.54) is 24.3 Å². The van der Waals surface area contributed by atoms with E-state index in [2.05, 4.69) is 0 Å². The fraction of sp³-hybridized carbons (Fsp3) is 0.429. The topological polar surface area (TPSA) is 104 Å². The van der Waals surface area contributed by atoms with Crippen molar-refractivity contribution in [2.24, 2.45) is 5.73 Å². The third kappa shape index (κ3) is 5.17. The minimum absolute atomic E-state index is 0.0219. The van der Waals surface area contributed by atoms with Crippen LogP contribution in [-0.2, 0) is 14.6 Å². The molecule has 0 atom stereocenters. The van der Waals surface area contributed by atoms with E-state index in [1.807, 2.05) is 19.9 Å². The molecule has 1 rings (SSSR count). The van der Waals surface area contributed by atoms with E-state index in [-0.39, 0.29) is 29.8 Å². The average molecular weight is 309 g/mol. The van der Waals surface area contributed by atoms with E-state index in [4.69, 9.17) is 11.0 Å². The molecule has 0 aliphatic rings. The molecule has 0 radical (unpaired) electrons. The largest absolute Gasteiger partial charge is 0.369 e. The van der Waals surface area contributed by atoms with Gasteiger partial charge in [-0.1, -0.05) is 0 Å². The fourth-order valence-corrected chi connectivity index (χ4v) is 3.07. The minimum atomic E-state index is -3.45. The molecular formula is C14H19N3O3S. The Hall–Kier alpha value is -1.91. The number of sulfone groups is 1. The van der Waals surface area contributed by atoms with Crippen molar-refractivity contribution in [3.63, 3.8) is 0 Å². The predicted molar refractivity (Wildman–Crippen MR) is 79.1 cm³/mol. The number of nitrogens with two attached hydrogens (primary N) is 1. The number of hydrogen-bond donors (Lipinski definition) is 1. The normalized spacial score (nSPS) is 11.6. The van der Waals surface area contributed by atoms with Gasteiger partial charge in [-0.3, -0.25) is 9.69 Å². The lowest BCUT2D eigenvalue weighted by molar-refractivity contribution is -0.119. The van der Waals surface area contributed by atoms with Crippen LogP contribution in [0.4, 0.5) is 0 Å². The first-order valence-electron chi connectivity index (χ1n) is 6.51. The molecule has 6 nitrogen and oxygen atoms in total. The molecule has 0 saturated carbocycles. The second-order valence-electron chi connectivity index (χ2n) is 4.99. The molecule has 0 aromatic heterocycles. The van der Waals surface area contributed by atoms with Gasteiger partial charge >= 0.3 is 0 Å². The van der Waals surface area contributed by atoms with Crippen LogP contribution in [0.15, 0.2) is 29.2 Å². The summed E-state index contributed by atoms with van der Waals surface area (Å²) in [4.78, 5) is 12.9. The van der Waals surface area contributed by atoms with Gasteiger partial charge in [-0.25, -0.2) is 8.42 Å². The highest BCUT2D eigenvalue weighted by Crippen LogP contribution is 2.13. The molecule has 0 heterocycles. The summed E-state index contributed by atoms with van der Waals surface area (Å²) in [6.45, 7) is 4.00. The van der Waals surface area contributed by atoms with Crippen LogP contribution in [0.3, 0.4) is 0 Å². The molecule has 0 aliphatic carbocycles. The summed E-state index contributed by atoms with van der Waals surface area (Å²) in [6, 6.07) is 7.73. The van der Waals surface area contributed by atoms with Crippen molar-refractivity contribution in [3.8, 4) is 6.07 Å². The highest BCUT2D eigenvalue weighted by Gasteiger charge is 2.19. The molecule has 1 aromatic carbocycles. The summed E-state index contributed by atoms with van der Waals surface area (Å²) in [6.07, 6.45) is 0. The Balaban J connectivity index is 2.79. The maximum Gasteiger partial charge on any atom is 0.231 e. The van der Waals surface area contributed by atoms with Crippen LogP contribution in [-0.4, -0.2) is 44.1 Å². The third-order valence-corrected chi connectivity index (χ3v) is 4.79. The van der Waals surface area contributed by atoms with Crippen molar-refractivity contribution in [1.29, 1.82) is 5.26 Å². The molecule has 0 unspecified atom stereocenters. The van der Waals surface area contributed by atoms with Gasteiger partial charge in [0.1, 0.15) is 0 Å². The van der Waals surface area contributed by atoms with Gasteiger partial charge in [-0.2, -0.15) is 5.26 Å². The first-order chi connectivity index (χ1) is 9.76. The summed E-state index contributed by atoms with van der Waals surface area (Å²) in [5, 5.41) is 8.70. The number of benzene rings is 1. The van der Waals surface area contributed by atoms with Gasteiger partial charge in [-0.05, 0) is 38.1 Å². The minimum Gasteiger partial charge on any atom is -0.369 e. The van der Waals surface area contributed by atoms with Gasteiger partial charge in [-0.15, -0.1) is 0 Å². The molecular weight excluding hydrogens is 290 g/mol. The first-order valence-corrected chi connectivity index (χ1v) is 8.17. The van der Waals surface area contributed by atoms with Gasteiger partial charge in [0, 0.05) is 12.6 Å². The Bertz CT molecular complexity index is 630. The van der Waals surface area contributed by atoms with Crippen LogP contribution in [0.2, 0.25) is 0 Å². The van der Waals surface area contributed by atoms with Crippen LogP contribution in [0, 0.1) is 11.3 Å². The molecule has 0 aliphatic heterocycles. The molecule has 1 aromatic rings. The summed E-state index contributed by atoms with van der Waals surface area (Å²) >= 11 is 0. The van der Waals surface area contributed by atoms with E-state index < -0.39 is 15.7 Å². The zero-order valence-electron chi connectivity index (χ0n) is 12.1. The smallest absolute Gasteiger partial charge is 0.231 e. The molecule has 7 heteroatoms. The van der Waals surface area contributed by atoms with Gasteiger partial charge in [0.15, 0.2) is 9.84 Å². The highest BCUT2D eigenvalue weighted by atomic mass is 32.2. The standard InChI is InChI=1S/C14H19N3O3S/c1-11(2)17(10-14(16)18)7-8-21(19,20)13-5-3-12(9-15)4-6-13/h3-6,11H,7-8,10H2,1-2H3,(H2,16,18). The Kier molecular flexibility index (Phi) is 5.88. The molecule has 114 valence electrons. The Morgan fingerprint density at radius 3 is 2.33 bits per heavy atom. The van der Waals surface area contributed by atoms with Crippen LogP contribution in [0.5, 0.6) is 0 Å². The van der Waals surface area contributed by atoms with Crippen LogP contribution >= 0.6 is 0 Å². The molecule has 0 spiro atoms. The number of primary amides is 1. The van der Waals surface area contributed by atoms with E-state index in [1.54, 1.807) is 4.90 Å². The lowest BCUT2D eigenvalue weighted by atomic mass is 10.2. The predicted octanol–water partition coefficient (Wildman–Crippen LogP) is 0.528. The van der Waals surface area contributed by atoms with E-state index in [0.717, 1.165) is 0 Å². The zero-order chi connectivity index (χ0) is 16.0. The number of rotatable bonds is 7. The van der Waals surface area contributed by atoms with Crippen molar-refractivity contribution < 1.29 is 13.2 Å². The zero-order valence-corrected chi connectivity index (χ0v) is 12.9. The van der Waals surface area contributed by atoms with Gasteiger partial charge < -0.3 is 5.73 Å². The first kappa shape index (κ1) is 17.1. The number of amides is 1. The Morgan fingerprint density at radius 2 is 1.90 bits per heavy atom. The molecule has 0 bridgehead atoms. The van der Waals surface area contributed by atoms with Crippen molar-refractivity contribution in [3.05, 3.63) is 29.8 Å². The van der Waals surface area contributed by atoms with Crippen molar-refractivity contribution >= 4 is 15.7 Å². The monoisotopic (exact) mass is 309 g/mol. The Morgan fingerprint density at radius 1 is 1.33 bits per heavy atom. The maximum absolute atomic E-state index is 12.2. The van der Waals surface area contributed by atoms with Crippen molar-refractivity contribution in [1.82, 2.24) is 4.90 Å². The SMILES string of the molecule is CC(C)N(CCS(=O)(=O)c1ccc(C#N)cc1)CC(N)=O. The fourth-order valence-electron chi connectivity index (χ4n) is 1.81. The second-order valence-corrected chi connectivity index (χ2v) is 7.09. The van der Waals surface area contributed by atoms with Gasteiger partial charge in [0.05, 0.1) is 28.8 Å². The number of carbonyl (C=O) groups is 1. The maximum atomic E-state index is 12.2. The van der Waals surface area contributed by atoms with Crippen molar-refractivity contribution in [2.75, 3.05) is 18.8 Å². The van der Waals surface area contributed by atoms with Crippen LogP contribution in [0.1, 0.15) is 19.4 Å². The summed E-state index contributed by atoms with van der Waals surface area (Å²) in [5.41, 5.74) is 5.56. The Labute approximate surface area is 125 Å². The lowest BCUT2D eigenvalue weighted by Crippen LogP contribution is -2.41. The lowest BCUT2D eigenvalue weighted by Gasteiger charge is -2.24. The number of hydrogen-bond acceptors (Lipinski definition) is 5. The van der Waals surface area contributed by atoms with Gasteiger partial charge in [0.25, 0.3) is 0 Å². The van der Waals surface area contributed by atoms with Crippen LogP contribution in [0.25, 0.3) is 0 Å². The van der Waals surface area contributed by atoms with Crippen molar-refractivity contribution in [2.45, 2.75) is 24.8 Å². The number of nitriles is 1. The molecule has 1 amide bonds. The highest BCUT2D eigenvalue weighted by molar-refractivity contribution is 7.91. The third-order valence-electron chi connectivity index (χ3n) is 3.08. The van der Waals surface area contributed by atoms with Gasteiger partial charge in [0.2, 0.25) is 5.91 Å². The molecule has 0 saturated heterocycles. The summed E-state index contributed by atoms with van der Waals surface area (Å²) in [5.74, 6) is -0.593. The number of nitrogens with zero attached hydrogens (tertiary/aromatic N) is 2. The van der Waals surface area contributed by atoms with E-state index >= 15 is 0 Å². The average Bonchev–Trinajstić information content (AvgIpc) is 2.43. The molecule has 0 fully saturated rings. The van der Waals surface area contributed by atoms with Crippen LogP contribution < -0.4 is 5.73 Å². The van der Waals surface area contributed by atoms with E-state index in [0.29, 0.717) is 5.56 Å². The molecule has 21 heavy (non-hydrogen) atoms. The summed E-state index contributed by atoms with van der Waals surface area (Å²) < 4.78 is 24.4. The molecule has 2 N–H and O–H groups in total. The number of carbonyl (C=O) groups excluding carboxylic acids is 1. The summed E-state index contributed by atoms with van der Waals surface area (Å²) in [7, 11) is -3.45.